The van der Waals surface area contributed by atoms with Crippen molar-refractivity contribution >= 4 is 17.5 Å². The molecule has 1 unspecified atom stereocenters. The van der Waals surface area contributed by atoms with Crippen molar-refractivity contribution in [2.75, 3.05) is 0 Å². The molecule has 4 aliphatic rings. The van der Waals surface area contributed by atoms with Crippen molar-refractivity contribution in [3.05, 3.63) is 35.9 Å². The number of hydrogen-bond donors (Lipinski definition) is 2. The third kappa shape index (κ3) is 2.88. The average Bonchev–Trinajstić information content (AvgIpc) is 2.51. The third-order valence-electron chi connectivity index (χ3n) is 7.32. The molecule has 0 aromatic heterocycles. The molecule has 26 heavy (non-hydrogen) atoms. The third-order valence-corrected chi connectivity index (χ3v) is 7.76. The molecule has 1 amide bonds. The minimum absolute atomic E-state index is 0.0493. The van der Waals surface area contributed by atoms with E-state index in [1.807, 2.05) is 18.2 Å². The molecule has 4 saturated carbocycles. The fraction of sp³-hybridized carbons (Fsp3) is 0.682. The Bertz CT molecular complexity index is 693. The van der Waals surface area contributed by atoms with Gasteiger partial charge in [0.1, 0.15) is 0 Å². The summed E-state index contributed by atoms with van der Waals surface area (Å²) in [6.07, 6.45) is 4.56. The van der Waals surface area contributed by atoms with Crippen molar-refractivity contribution in [3.63, 3.8) is 0 Å². The summed E-state index contributed by atoms with van der Waals surface area (Å²) in [7, 11) is 0. The maximum atomic E-state index is 12.5. The van der Waals surface area contributed by atoms with Crippen LogP contribution in [-0.4, -0.2) is 21.5 Å². The number of rotatable bonds is 5. The van der Waals surface area contributed by atoms with Crippen LogP contribution in [0.1, 0.15) is 57.4 Å². The van der Waals surface area contributed by atoms with Gasteiger partial charge in [0.2, 0.25) is 5.91 Å². The van der Waals surface area contributed by atoms with Crippen LogP contribution in [0.5, 0.6) is 0 Å². The van der Waals surface area contributed by atoms with Crippen LogP contribution in [0, 0.1) is 29.6 Å². The van der Waals surface area contributed by atoms with E-state index in [1.165, 1.54) is 0 Å². The zero-order chi connectivity index (χ0) is 18.7. The van der Waals surface area contributed by atoms with Gasteiger partial charge in [0.05, 0.1) is 5.60 Å². The highest BCUT2D eigenvalue weighted by Gasteiger charge is 2.64. The first kappa shape index (κ1) is 18.3. The van der Waals surface area contributed by atoms with Crippen LogP contribution in [0.2, 0.25) is 0 Å². The van der Waals surface area contributed by atoms with Crippen molar-refractivity contribution in [3.8, 4) is 0 Å². The van der Waals surface area contributed by atoms with Crippen LogP contribution < -0.4 is 5.73 Å². The molecule has 1 aromatic rings. The second-order valence-electron chi connectivity index (χ2n) is 9.54. The van der Waals surface area contributed by atoms with E-state index in [4.69, 9.17) is 17.3 Å². The molecule has 4 aliphatic carbocycles. The maximum absolute atomic E-state index is 12.5. The molecule has 5 rings (SSSR count). The maximum Gasteiger partial charge on any atom is 0.221 e. The van der Waals surface area contributed by atoms with Gasteiger partial charge in [-0.25, -0.2) is 0 Å². The Morgan fingerprint density at radius 3 is 2.46 bits per heavy atom. The minimum Gasteiger partial charge on any atom is -0.389 e. The number of nitrogens with two attached hydrogens (primary N) is 1. The SMILES string of the molecule is CC(C)C(C(N)=O)[C@H](c1ccccc1)[C@H]1[C@H]2C[C@@H]3C[C@](Cl)(C2)C[C@@]1(O)C3. The predicted molar refractivity (Wildman–Crippen MR) is 104 cm³/mol. The van der Waals surface area contributed by atoms with E-state index < -0.39 is 5.60 Å². The van der Waals surface area contributed by atoms with Gasteiger partial charge in [-0.15, -0.1) is 11.6 Å². The van der Waals surface area contributed by atoms with Crippen molar-refractivity contribution in [2.45, 2.75) is 62.3 Å². The smallest absolute Gasteiger partial charge is 0.221 e. The molecule has 4 bridgehead atoms. The Kier molecular flexibility index (Phi) is 4.39. The molecule has 0 heterocycles. The zero-order valence-corrected chi connectivity index (χ0v) is 16.5. The van der Waals surface area contributed by atoms with E-state index in [-0.39, 0.29) is 34.5 Å². The number of aliphatic hydroxyl groups is 1. The Balaban J connectivity index is 1.81. The van der Waals surface area contributed by atoms with E-state index in [9.17, 15) is 9.90 Å². The largest absolute Gasteiger partial charge is 0.389 e. The van der Waals surface area contributed by atoms with Crippen LogP contribution in [0.3, 0.4) is 0 Å². The van der Waals surface area contributed by atoms with Crippen molar-refractivity contribution in [2.24, 2.45) is 35.3 Å². The Hall–Kier alpha value is -1.06. The highest BCUT2D eigenvalue weighted by Crippen LogP contribution is 2.66. The molecule has 0 spiro atoms. The average molecular weight is 376 g/mol. The molecular weight excluding hydrogens is 346 g/mol. The lowest BCUT2D eigenvalue weighted by molar-refractivity contribution is -0.178. The summed E-state index contributed by atoms with van der Waals surface area (Å²) in [6, 6.07) is 10.2. The highest BCUT2D eigenvalue weighted by molar-refractivity contribution is 6.24. The van der Waals surface area contributed by atoms with E-state index in [0.29, 0.717) is 18.3 Å². The summed E-state index contributed by atoms with van der Waals surface area (Å²) in [5.74, 6) is 0.469. The van der Waals surface area contributed by atoms with Gasteiger partial charge >= 0.3 is 0 Å². The summed E-state index contributed by atoms with van der Waals surface area (Å²) in [6.45, 7) is 4.13. The van der Waals surface area contributed by atoms with Crippen molar-refractivity contribution in [1.82, 2.24) is 0 Å². The van der Waals surface area contributed by atoms with Crippen molar-refractivity contribution < 1.29 is 9.90 Å². The van der Waals surface area contributed by atoms with E-state index in [0.717, 1.165) is 31.2 Å². The van der Waals surface area contributed by atoms with Crippen LogP contribution in [0.25, 0.3) is 0 Å². The van der Waals surface area contributed by atoms with Crippen molar-refractivity contribution in [1.29, 1.82) is 0 Å². The monoisotopic (exact) mass is 375 g/mol. The Morgan fingerprint density at radius 1 is 1.23 bits per heavy atom. The fourth-order valence-corrected chi connectivity index (χ4v) is 7.56. The summed E-state index contributed by atoms with van der Waals surface area (Å²) in [5.41, 5.74) is 6.23. The van der Waals surface area contributed by atoms with Gasteiger partial charge in [0, 0.05) is 16.7 Å². The Labute approximate surface area is 161 Å². The Morgan fingerprint density at radius 2 is 1.92 bits per heavy atom. The highest BCUT2D eigenvalue weighted by atomic mass is 35.5. The first-order chi connectivity index (χ1) is 12.2. The number of halogens is 1. The van der Waals surface area contributed by atoms with Crippen LogP contribution >= 0.6 is 11.6 Å². The standard InChI is InChI=1S/C22H30ClNO2/c1-13(2)17(20(24)25)18(15-6-4-3-5-7-15)19-16-8-14-9-21(23,11-16)12-22(19,26)10-14/h3-7,13-14,16-19,26H,8-12H2,1-2H3,(H2,24,25)/t14-,16+,17?,18+,19-,21+,22+/m1/s1. The molecular formula is C22H30ClNO2. The quantitative estimate of drug-likeness (QED) is 0.762. The number of benzene rings is 1. The van der Waals surface area contributed by atoms with Crippen LogP contribution in [0.15, 0.2) is 30.3 Å². The summed E-state index contributed by atoms with van der Waals surface area (Å²) >= 11 is 6.89. The molecule has 1 aromatic carbocycles. The summed E-state index contributed by atoms with van der Waals surface area (Å²) < 4.78 is 0. The molecule has 4 fully saturated rings. The van der Waals surface area contributed by atoms with Gasteiger partial charge in [0.15, 0.2) is 0 Å². The molecule has 3 nitrogen and oxygen atoms in total. The number of alkyl halides is 1. The molecule has 4 heteroatoms. The molecule has 0 aliphatic heterocycles. The van der Waals surface area contributed by atoms with Crippen LogP contribution in [-0.2, 0) is 4.79 Å². The fourth-order valence-electron chi connectivity index (χ4n) is 6.91. The van der Waals surface area contributed by atoms with E-state index >= 15 is 0 Å². The van der Waals surface area contributed by atoms with E-state index in [2.05, 4.69) is 26.0 Å². The zero-order valence-electron chi connectivity index (χ0n) is 15.7. The number of amides is 1. The summed E-state index contributed by atoms with van der Waals surface area (Å²) in [5, 5.41) is 11.7. The first-order valence-electron chi connectivity index (χ1n) is 9.98. The number of carbonyl (C=O) groups is 1. The van der Waals surface area contributed by atoms with Gasteiger partial charge < -0.3 is 10.8 Å². The molecule has 3 N–H and O–H groups in total. The van der Waals surface area contributed by atoms with Gasteiger partial charge in [0.25, 0.3) is 0 Å². The van der Waals surface area contributed by atoms with Gasteiger partial charge in [-0.05, 0) is 61.3 Å². The molecule has 142 valence electrons. The lowest BCUT2D eigenvalue weighted by Crippen LogP contribution is -2.64. The van der Waals surface area contributed by atoms with Gasteiger partial charge in [-0.1, -0.05) is 44.2 Å². The minimum atomic E-state index is -0.783. The molecule has 7 atom stereocenters. The normalized spacial score (nSPS) is 40.6. The number of carbonyl (C=O) groups excluding carboxylic acids is 1. The predicted octanol–water partition coefficient (Wildman–Crippen LogP) is 4.08. The number of hydrogen-bond acceptors (Lipinski definition) is 2. The topological polar surface area (TPSA) is 63.3 Å². The molecule has 0 saturated heterocycles. The molecule has 0 radical (unpaired) electrons. The van der Waals surface area contributed by atoms with Crippen LogP contribution in [0.4, 0.5) is 0 Å². The lowest BCUT2D eigenvalue weighted by atomic mass is 9.45. The lowest BCUT2D eigenvalue weighted by Gasteiger charge is -2.64. The van der Waals surface area contributed by atoms with Gasteiger partial charge in [-0.3, -0.25) is 4.79 Å². The second kappa shape index (κ2) is 6.24. The van der Waals surface area contributed by atoms with Gasteiger partial charge in [-0.2, -0.15) is 0 Å². The van der Waals surface area contributed by atoms with E-state index in [1.54, 1.807) is 0 Å². The first-order valence-corrected chi connectivity index (χ1v) is 10.4. The number of primary amides is 1. The summed E-state index contributed by atoms with van der Waals surface area (Å²) in [4.78, 5) is 12.2. The second-order valence-corrected chi connectivity index (χ2v) is 10.3.